The van der Waals surface area contributed by atoms with Crippen molar-refractivity contribution in [1.82, 2.24) is 14.8 Å². The van der Waals surface area contributed by atoms with E-state index in [-0.39, 0.29) is 0 Å². The molecular formula is C16H15ClN4. The first-order valence-corrected chi connectivity index (χ1v) is 7.05. The van der Waals surface area contributed by atoms with Crippen molar-refractivity contribution in [1.29, 1.82) is 0 Å². The van der Waals surface area contributed by atoms with Crippen LogP contribution in [0.5, 0.6) is 0 Å². The van der Waals surface area contributed by atoms with Gasteiger partial charge in [0.2, 0.25) is 0 Å². The second-order valence-corrected chi connectivity index (χ2v) is 5.13. The summed E-state index contributed by atoms with van der Waals surface area (Å²) >= 11 is 6.43. The molecule has 0 fully saturated rings. The van der Waals surface area contributed by atoms with Crippen LogP contribution >= 0.6 is 11.6 Å². The highest BCUT2D eigenvalue weighted by Gasteiger charge is 2.17. The van der Waals surface area contributed by atoms with Crippen molar-refractivity contribution in [3.05, 3.63) is 64.9 Å². The molecule has 1 aromatic heterocycles. The fourth-order valence-electron chi connectivity index (χ4n) is 2.29. The molecule has 3 rings (SSSR count). The SMILES string of the molecule is Cc1cccc(-c2nnc(CN)n2-c2ccccc2)c1Cl. The molecule has 0 radical (unpaired) electrons. The van der Waals surface area contributed by atoms with Crippen LogP contribution in [0.1, 0.15) is 11.4 Å². The van der Waals surface area contributed by atoms with Gasteiger partial charge in [-0.25, -0.2) is 0 Å². The van der Waals surface area contributed by atoms with Crippen molar-refractivity contribution in [2.75, 3.05) is 0 Å². The lowest BCUT2D eigenvalue weighted by Crippen LogP contribution is -2.08. The molecule has 0 unspecified atom stereocenters. The highest BCUT2D eigenvalue weighted by atomic mass is 35.5. The van der Waals surface area contributed by atoms with E-state index in [1.807, 2.05) is 60.0 Å². The Morgan fingerprint density at radius 1 is 1.05 bits per heavy atom. The Hall–Kier alpha value is -2.17. The molecule has 1 heterocycles. The predicted molar refractivity (Wildman–Crippen MR) is 84.4 cm³/mol. The number of para-hydroxylation sites is 1. The smallest absolute Gasteiger partial charge is 0.170 e. The molecule has 0 aliphatic rings. The van der Waals surface area contributed by atoms with Crippen LogP contribution in [0.25, 0.3) is 17.1 Å². The number of benzene rings is 2. The van der Waals surface area contributed by atoms with Crippen LogP contribution < -0.4 is 5.73 Å². The van der Waals surface area contributed by atoms with E-state index in [9.17, 15) is 0 Å². The molecule has 0 aliphatic carbocycles. The van der Waals surface area contributed by atoms with Crippen LogP contribution in [0.4, 0.5) is 0 Å². The van der Waals surface area contributed by atoms with Gasteiger partial charge in [0, 0.05) is 11.3 Å². The van der Waals surface area contributed by atoms with Crippen LogP contribution in [0.3, 0.4) is 0 Å². The van der Waals surface area contributed by atoms with Crippen molar-refractivity contribution in [2.45, 2.75) is 13.5 Å². The molecule has 0 bridgehead atoms. The summed E-state index contributed by atoms with van der Waals surface area (Å²) in [6.45, 7) is 2.28. The molecule has 2 N–H and O–H groups in total. The number of rotatable bonds is 3. The third-order valence-electron chi connectivity index (χ3n) is 3.36. The first-order chi connectivity index (χ1) is 10.2. The van der Waals surface area contributed by atoms with E-state index in [1.54, 1.807) is 0 Å². The summed E-state index contributed by atoms with van der Waals surface area (Å²) in [5.74, 6) is 1.41. The largest absolute Gasteiger partial charge is 0.324 e. The van der Waals surface area contributed by atoms with E-state index in [0.29, 0.717) is 23.2 Å². The molecule has 0 spiro atoms. The summed E-state index contributed by atoms with van der Waals surface area (Å²) in [4.78, 5) is 0. The molecule has 2 aromatic carbocycles. The van der Waals surface area contributed by atoms with Crippen LogP contribution in [0, 0.1) is 6.92 Å². The molecule has 3 aromatic rings. The Bertz CT molecular complexity index is 765. The van der Waals surface area contributed by atoms with Crippen molar-refractivity contribution >= 4 is 11.6 Å². The van der Waals surface area contributed by atoms with Gasteiger partial charge in [-0.1, -0.05) is 41.9 Å². The number of aryl methyl sites for hydroxylation is 1. The summed E-state index contributed by atoms with van der Waals surface area (Å²) in [5.41, 5.74) is 8.62. The van der Waals surface area contributed by atoms with Crippen LogP contribution in [0.2, 0.25) is 5.02 Å². The normalized spacial score (nSPS) is 10.8. The van der Waals surface area contributed by atoms with Crippen molar-refractivity contribution in [2.24, 2.45) is 5.73 Å². The number of nitrogens with zero attached hydrogens (tertiary/aromatic N) is 3. The maximum Gasteiger partial charge on any atom is 0.170 e. The average molecular weight is 299 g/mol. The van der Waals surface area contributed by atoms with Crippen LogP contribution in [-0.4, -0.2) is 14.8 Å². The first-order valence-electron chi connectivity index (χ1n) is 6.67. The van der Waals surface area contributed by atoms with Crippen LogP contribution in [-0.2, 0) is 6.54 Å². The van der Waals surface area contributed by atoms with Gasteiger partial charge >= 0.3 is 0 Å². The van der Waals surface area contributed by atoms with Gasteiger partial charge in [-0.3, -0.25) is 4.57 Å². The van der Waals surface area contributed by atoms with Crippen molar-refractivity contribution in [3.63, 3.8) is 0 Å². The lowest BCUT2D eigenvalue weighted by Gasteiger charge is -2.11. The fraction of sp³-hybridized carbons (Fsp3) is 0.125. The lowest BCUT2D eigenvalue weighted by molar-refractivity contribution is 0.861. The molecule has 0 amide bonds. The molecule has 0 saturated heterocycles. The lowest BCUT2D eigenvalue weighted by atomic mass is 10.1. The van der Waals surface area contributed by atoms with E-state index in [1.165, 1.54) is 0 Å². The Balaban J connectivity index is 2.25. The maximum absolute atomic E-state index is 6.43. The number of nitrogens with two attached hydrogens (primary N) is 1. The molecular weight excluding hydrogens is 284 g/mol. The Kier molecular flexibility index (Phi) is 3.73. The minimum atomic E-state index is 0.311. The van der Waals surface area contributed by atoms with Gasteiger partial charge in [0.15, 0.2) is 11.6 Å². The summed E-state index contributed by atoms with van der Waals surface area (Å²) < 4.78 is 1.95. The second kappa shape index (κ2) is 5.68. The van der Waals surface area contributed by atoms with E-state index >= 15 is 0 Å². The Morgan fingerprint density at radius 3 is 2.52 bits per heavy atom. The molecule has 21 heavy (non-hydrogen) atoms. The summed E-state index contributed by atoms with van der Waals surface area (Å²) in [6.07, 6.45) is 0. The van der Waals surface area contributed by atoms with Gasteiger partial charge in [-0.2, -0.15) is 0 Å². The van der Waals surface area contributed by atoms with Gasteiger partial charge in [0.25, 0.3) is 0 Å². The van der Waals surface area contributed by atoms with Gasteiger partial charge < -0.3 is 5.73 Å². The maximum atomic E-state index is 6.43. The summed E-state index contributed by atoms with van der Waals surface area (Å²) in [7, 11) is 0. The fourth-order valence-corrected chi connectivity index (χ4v) is 2.50. The monoisotopic (exact) mass is 298 g/mol. The molecule has 4 nitrogen and oxygen atoms in total. The van der Waals surface area contributed by atoms with Gasteiger partial charge in [0.05, 0.1) is 11.6 Å². The summed E-state index contributed by atoms with van der Waals surface area (Å²) in [5, 5.41) is 9.16. The minimum Gasteiger partial charge on any atom is -0.324 e. The zero-order valence-corrected chi connectivity index (χ0v) is 12.4. The van der Waals surface area contributed by atoms with Gasteiger partial charge in [0.1, 0.15) is 0 Å². The van der Waals surface area contributed by atoms with Gasteiger partial charge in [-0.05, 0) is 30.7 Å². The minimum absolute atomic E-state index is 0.311. The van der Waals surface area contributed by atoms with E-state index in [0.717, 1.165) is 16.8 Å². The Labute approximate surface area is 128 Å². The molecule has 106 valence electrons. The first kappa shape index (κ1) is 13.8. The zero-order chi connectivity index (χ0) is 14.8. The Morgan fingerprint density at radius 2 is 1.81 bits per heavy atom. The summed E-state index contributed by atoms with van der Waals surface area (Å²) in [6, 6.07) is 15.8. The van der Waals surface area contributed by atoms with Crippen LogP contribution in [0.15, 0.2) is 48.5 Å². The highest BCUT2D eigenvalue weighted by Crippen LogP contribution is 2.31. The van der Waals surface area contributed by atoms with E-state index < -0.39 is 0 Å². The number of hydrogen-bond acceptors (Lipinski definition) is 3. The molecule has 0 aliphatic heterocycles. The predicted octanol–water partition coefficient (Wildman–Crippen LogP) is 3.35. The highest BCUT2D eigenvalue weighted by molar-refractivity contribution is 6.33. The third kappa shape index (κ3) is 2.44. The number of hydrogen-bond donors (Lipinski definition) is 1. The standard InChI is InChI=1S/C16H15ClN4/c1-11-6-5-9-13(15(11)17)16-20-19-14(10-18)21(16)12-7-3-2-4-8-12/h2-9H,10,18H2,1H3. The zero-order valence-electron chi connectivity index (χ0n) is 11.6. The van der Waals surface area contributed by atoms with E-state index in [4.69, 9.17) is 17.3 Å². The van der Waals surface area contributed by atoms with E-state index in [2.05, 4.69) is 10.2 Å². The second-order valence-electron chi connectivity index (χ2n) is 4.75. The average Bonchev–Trinajstić information content (AvgIpc) is 2.94. The number of aromatic nitrogens is 3. The molecule has 5 heteroatoms. The third-order valence-corrected chi connectivity index (χ3v) is 3.86. The molecule has 0 atom stereocenters. The topological polar surface area (TPSA) is 56.7 Å². The van der Waals surface area contributed by atoms with Gasteiger partial charge in [-0.15, -0.1) is 10.2 Å². The number of halogens is 1. The van der Waals surface area contributed by atoms with Crippen molar-refractivity contribution in [3.8, 4) is 17.1 Å². The quantitative estimate of drug-likeness (QED) is 0.806. The van der Waals surface area contributed by atoms with Crippen molar-refractivity contribution < 1.29 is 0 Å². The molecule has 0 saturated carbocycles.